The average molecular weight is 434 g/mol. The fourth-order valence-electron chi connectivity index (χ4n) is 3.88. The molecule has 0 spiro atoms. The number of carbonyl (C=O) groups is 2. The molecule has 7 nitrogen and oxygen atoms in total. The molecule has 8 heteroatoms. The molecule has 0 radical (unpaired) electrons. The third-order valence-electron chi connectivity index (χ3n) is 5.69. The van der Waals surface area contributed by atoms with Gasteiger partial charge in [0.15, 0.2) is 0 Å². The fraction of sp³-hybridized carbons (Fsp3) is 0.545. The van der Waals surface area contributed by atoms with Crippen LogP contribution in [0.15, 0.2) is 46.9 Å². The van der Waals surface area contributed by atoms with Crippen LogP contribution in [0.4, 0.5) is 0 Å². The minimum absolute atomic E-state index is 0.100. The van der Waals surface area contributed by atoms with E-state index >= 15 is 0 Å². The summed E-state index contributed by atoms with van der Waals surface area (Å²) in [6.45, 7) is 1.85. The summed E-state index contributed by atoms with van der Waals surface area (Å²) in [5.41, 5.74) is 1.42. The number of carbonyl (C=O) groups excluding carboxylic acids is 2. The van der Waals surface area contributed by atoms with Crippen molar-refractivity contribution in [3.05, 3.63) is 42.0 Å². The van der Waals surface area contributed by atoms with E-state index in [0.717, 1.165) is 19.3 Å². The topological polar surface area (TPSA) is 86.8 Å². The van der Waals surface area contributed by atoms with E-state index in [9.17, 15) is 18.0 Å². The van der Waals surface area contributed by atoms with Crippen molar-refractivity contribution in [2.24, 2.45) is 0 Å². The molecule has 3 rings (SSSR count). The fourth-order valence-corrected chi connectivity index (χ4v) is 5.32. The lowest BCUT2D eigenvalue weighted by atomic mass is 9.97. The first-order chi connectivity index (χ1) is 14.5. The molecule has 1 N–H and O–H groups in total. The maximum Gasteiger partial charge on any atom is 0.243 e. The Morgan fingerprint density at radius 2 is 1.70 bits per heavy atom. The van der Waals surface area contributed by atoms with E-state index in [1.54, 1.807) is 35.2 Å². The predicted molar refractivity (Wildman–Crippen MR) is 115 cm³/mol. The summed E-state index contributed by atoms with van der Waals surface area (Å²) in [6, 6.07) is 8.33. The van der Waals surface area contributed by atoms with Gasteiger partial charge in [0.1, 0.15) is 0 Å². The van der Waals surface area contributed by atoms with Crippen molar-refractivity contribution in [1.29, 1.82) is 0 Å². The van der Waals surface area contributed by atoms with Gasteiger partial charge in [-0.3, -0.25) is 9.59 Å². The van der Waals surface area contributed by atoms with E-state index in [-0.39, 0.29) is 42.6 Å². The van der Waals surface area contributed by atoms with Crippen LogP contribution in [0.3, 0.4) is 0 Å². The van der Waals surface area contributed by atoms with Crippen LogP contribution in [0.5, 0.6) is 0 Å². The first kappa shape index (κ1) is 22.5. The van der Waals surface area contributed by atoms with Gasteiger partial charge in [0, 0.05) is 45.6 Å². The van der Waals surface area contributed by atoms with Gasteiger partial charge in [-0.05, 0) is 44.2 Å². The molecule has 30 heavy (non-hydrogen) atoms. The van der Waals surface area contributed by atoms with Gasteiger partial charge in [-0.25, -0.2) is 8.42 Å². The monoisotopic (exact) mass is 433 g/mol. The normalized spacial score (nSPS) is 18.0. The molecule has 0 atom stereocenters. The second-order valence-electron chi connectivity index (χ2n) is 7.81. The minimum Gasteiger partial charge on any atom is -0.356 e. The van der Waals surface area contributed by atoms with Crippen LogP contribution >= 0.6 is 0 Å². The molecule has 164 valence electrons. The van der Waals surface area contributed by atoms with Crippen molar-refractivity contribution in [3.8, 4) is 0 Å². The van der Waals surface area contributed by atoms with E-state index in [1.807, 2.05) is 0 Å². The van der Waals surface area contributed by atoms with Crippen LogP contribution in [0.25, 0.3) is 0 Å². The van der Waals surface area contributed by atoms with Gasteiger partial charge in [0.05, 0.1) is 4.90 Å². The molecule has 1 fully saturated rings. The molecule has 0 aromatic heterocycles. The Kier molecular flexibility index (Phi) is 8.04. The number of hydrogen-bond donors (Lipinski definition) is 1. The Labute approximate surface area is 179 Å². The van der Waals surface area contributed by atoms with E-state index in [1.165, 1.54) is 22.7 Å². The van der Waals surface area contributed by atoms with Gasteiger partial charge in [-0.1, -0.05) is 29.8 Å². The van der Waals surface area contributed by atoms with Crippen molar-refractivity contribution in [1.82, 2.24) is 14.5 Å². The highest BCUT2D eigenvalue weighted by Gasteiger charge is 2.29. The molecule has 1 aliphatic carbocycles. The number of nitrogens with zero attached hydrogens (tertiary/aromatic N) is 2. The molecular weight excluding hydrogens is 402 g/mol. The standard InChI is InChI=1S/C22H31N3O4S/c26-21(23-14-13-19-7-3-1-4-8-19)11-12-22(27)24-15-17-25(18-16-24)30(28,29)20-9-5-2-6-10-20/h2,5-7,9-10H,1,3-4,8,11-18H2,(H,23,26). The SMILES string of the molecule is O=C(CCC(=O)N1CCN(S(=O)(=O)c2ccccc2)CC1)NCCC1=CCCCC1. The van der Waals surface area contributed by atoms with Crippen molar-refractivity contribution in [3.63, 3.8) is 0 Å². The molecule has 2 aliphatic rings. The largest absolute Gasteiger partial charge is 0.356 e. The Morgan fingerprint density at radius 3 is 2.37 bits per heavy atom. The summed E-state index contributed by atoms with van der Waals surface area (Å²) in [4.78, 5) is 26.4. The number of nitrogens with one attached hydrogen (secondary N) is 1. The lowest BCUT2D eigenvalue weighted by Crippen LogP contribution is -2.50. The zero-order valence-corrected chi connectivity index (χ0v) is 18.2. The Bertz CT molecular complexity index is 860. The highest BCUT2D eigenvalue weighted by Crippen LogP contribution is 2.19. The first-order valence-electron chi connectivity index (χ1n) is 10.7. The molecule has 1 aromatic carbocycles. The van der Waals surface area contributed by atoms with Crippen LogP contribution in [-0.2, 0) is 19.6 Å². The number of sulfonamides is 1. The molecule has 1 saturated heterocycles. The second-order valence-corrected chi connectivity index (χ2v) is 9.74. The predicted octanol–water partition coefficient (Wildman–Crippen LogP) is 2.31. The van der Waals surface area contributed by atoms with Crippen LogP contribution in [0.2, 0.25) is 0 Å². The van der Waals surface area contributed by atoms with Gasteiger partial charge in [-0.15, -0.1) is 0 Å². The third-order valence-corrected chi connectivity index (χ3v) is 7.60. The highest BCUT2D eigenvalue weighted by atomic mass is 32.2. The van der Waals surface area contributed by atoms with E-state index in [4.69, 9.17) is 0 Å². The first-order valence-corrected chi connectivity index (χ1v) is 12.2. The van der Waals surface area contributed by atoms with Crippen LogP contribution in [-0.4, -0.2) is 62.2 Å². The molecule has 0 bridgehead atoms. The number of amides is 2. The maximum absolute atomic E-state index is 12.7. The summed E-state index contributed by atoms with van der Waals surface area (Å²) >= 11 is 0. The molecule has 0 unspecified atom stereocenters. The lowest BCUT2D eigenvalue weighted by molar-refractivity contribution is -0.134. The average Bonchev–Trinajstić information content (AvgIpc) is 2.79. The van der Waals surface area contributed by atoms with Crippen LogP contribution in [0, 0.1) is 0 Å². The van der Waals surface area contributed by atoms with Gasteiger partial charge in [0.2, 0.25) is 21.8 Å². The summed E-state index contributed by atoms with van der Waals surface area (Å²) in [5.74, 6) is -0.207. The van der Waals surface area contributed by atoms with Crippen molar-refractivity contribution in [2.75, 3.05) is 32.7 Å². The molecule has 1 aliphatic heterocycles. The smallest absolute Gasteiger partial charge is 0.243 e. The summed E-state index contributed by atoms with van der Waals surface area (Å²) < 4.78 is 26.7. The Balaban J connectivity index is 1.37. The van der Waals surface area contributed by atoms with Gasteiger partial charge < -0.3 is 10.2 Å². The highest BCUT2D eigenvalue weighted by molar-refractivity contribution is 7.89. The van der Waals surface area contributed by atoms with Crippen molar-refractivity contribution < 1.29 is 18.0 Å². The van der Waals surface area contributed by atoms with E-state index in [0.29, 0.717) is 19.6 Å². The number of allylic oxidation sites excluding steroid dienone is 1. The Hall–Kier alpha value is -2.19. The summed E-state index contributed by atoms with van der Waals surface area (Å²) in [6.07, 6.45) is 8.23. The van der Waals surface area contributed by atoms with Gasteiger partial charge in [-0.2, -0.15) is 4.31 Å². The van der Waals surface area contributed by atoms with Crippen LogP contribution in [0.1, 0.15) is 44.9 Å². The number of hydrogen-bond acceptors (Lipinski definition) is 4. The maximum atomic E-state index is 12.7. The minimum atomic E-state index is -3.53. The number of piperazine rings is 1. The Morgan fingerprint density at radius 1 is 0.967 bits per heavy atom. The van der Waals surface area contributed by atoms with Crippen molar-refractivity contribution >= 4 is 21.8 Å². The summed E-state index contributed by atoms with van der Waals surface area (Å²) in [7, 11) is -3.53. The van der Waals surface area contributed by atoms with Crippen molar-refractivity contribution in [2.45, 2.75) is 49.8 Å². The molecule has 1 heterocycles. The van der Waals surface area contributed by atoms with E-state index in [2.05, 4.69) is 11.4 Å². The van der Waals surface area contributed by atoms with E-state index < -0.39 is 10.0 Å². The summed E-state index contributed by atoms with van der Waals surface area (Å²) in [5, 5.41) is 2.90. The second kappa shape index (κ2) is 10.7. The number of rotatable bonds is 8. The quantitative estimate of drug-likeness (QED) is 0.638. The molecule has 1 aromatic rings. The van der Waals surface area contributed by atoms with Crippen LogP contribution < -0.4 is 5.32 Å². The molecular formula is C22H31N3O4S. The zero-order chi connectivity index (χ0) is 21.4. The van der Waals surface area contributed by atoms with Gasteiger partial charge >= 0.3 is 0 Å². The molecule has 0 saturated carbocycles. The van der Waals surface area contributed by atoms with Gasteiger partial charge in [0.25, 0.3) is 0 Å². The molecule has 2 amide bonds. The number of benzene rings is 1. The zero-order valence-electron chi connectivity index (χ0n) is 17.4. The lowest BCUT2D eigenvalue weighted by Gasteiger charge is -2.34. The third kappa shape index (κ3) is 6.15.